The van der Waals surface area contributed by atoms with Gasteiger partial charge in [0.25, 0.3) is 0 Å². The molecule has 2 N–H and O–H groups in total. The van der Waals surface area contributed by atoms with Crippen LogP contribution in [0, 0.1) is 0 Å². The minimum absolute atomic E-state index is 0.0255. The fourth-order valence-electron chi connectivity index (χ4n) is 3.13. The lowest BCUT2D eigenvalue weighted by Crippen LogP contribution is -2.49. The van der Waals surface area contributed by atoms with E-state index in [1.165, 1.54) is 10.4 Å². The van der Waals surface area contributed by atoms with Crippen LogP contribution in [0.2, 0.25) is 0 Å². The van der Waals surface area contributed by atoms with Gasteiger partial charge in [-0.05, 0) is 29.6 Å². The number of benzene rings is 2. The Hall–Kier alpha value is -1.99. The van der Waals surface area contributed by atoms with Gasteiger partial charge in [0.15, 0.2) is 0 Å². The van der Waals surface area contributed by atoms with Crippen molar-refractivity contribution in [3.8, 4) is 0 Å². The van der Waals surface area contributed by atoms with E-state index < -0.39 is 20.6 Å². The first-order valence-corrected chi connectivity index (χ1v) is 11.4. The molecule has 1 heterocycles. The molecule has 3 rings (SSSR count). The Balaban J connectivity index is 0.000000409. The smallest absolute Gasteiger partial charge is 0.303 e. The molecule has 0 saturated carbocycles. The zero-order valence-corrected chi connectivity index (χ0v) is 17.6. The zero-order chi connectivity index (χ0) is 20.2. The normalized spacial score (nSPS) is 18.5. The predicted octanol–water partition coefficient (Wildman–Crippen LogP) is 1.95. The summed E-state index contributed by atoms with van der Waals surface area (Å²) in [4.78, 5) is 9.60. The van der Waals surface area contributed by atoms with Crippen LogP contribution >= 0.6 is 0 Å². The molecule has 0 aliphatic carbocycles. The summed E-state index contributed by atoms with van der Waals surface area (Å²) in [6, 6.07) is 20.8. The molecule has 1 unspecified atom stereocenters. The number of carbonyl (C=O) groups is 1. The Bertz CT molecular complexity index is 647. The van der Waals surface area contributed by atoms with E-state index in [4.69, 9.17) is 14.3 Å². The van der Waals surface area contributed by atoms with Crippen molar-refractivity contribution in [2.24, 2.45) is 0 Å². The second kappa shape index (κ2) is 11.8. The second-order valence-corrected chi connectivity index (χ2v) is 9.38. The van der Waals surface area contributed by atoms with Crippen molar-refractivity contribution >= 4 is 25.4 Å². The van der Waals surface area contributed by atoms with E-state index in [0.29, 0.717) is 19.6 Å². The Kier molecular flexibility index (Phi) is 9.37. The van der Waals surface area contributed by atoms with Crippen molar-refractivity contribution in [1.29, 1.82) is 0 Å². The molecule has 0 aromatic heterocycles. The van der Waals surface area contributed by atoms with E-state index in [9.17, 15) is 9.90 Å². The Morgan fingerprint density at radius 2 is 1.68 bits per heavy atom. The summed E-state index contributed by atoms with van der Waals surface area (Å²) in [6.07, 6.45) is 2.89. The third kappa shape index (κ3) is 6.87. The highest BCUT2D eigenvalue weighted by molar-refractivity contribution is 6.80. The summed E-state index contributed by atoms with van der Waals surface area (Å²) in [5.41, 5.74) is -0.505. The number of aliphatic hydroxyl groups is 1. The van der Waals surface area contributed by atoms with Crippen molar-refractivity contribution in [2.75, 3.05) is 19.8 Å². The lowest BCUT2D eigenvalue weighted by Gasteiger charge is -2.28. The van der Waals surface area contributed by atoms with Gasteiger partial charge in [-0.1, -0.05) is 67.6 Å². The highest BCUT2D eigenvalue weighted by Gasteiger charge is 2.36. The number of ether oxygens (including phenoxy) is 1. The number of hydrogen-bond donors (Lipinski definition) is 2. The monoisotopic (exact) mass is 402 g/mol. The average molecular weight is 403 g/mol. The summed E-state index contributed by atoms with van der Waals surface area (Å²) < 4.78 is 12.1. The third-order valence-electron chi connectivity index (χ3n) is 4.65. The predicted molar refractivity (Wildman–Crippen MR) is 113 cm³/mol. The van der Waals surface area contributed by atoms with Crippen LogP contribution in [0.4, 0.5) is 0 Å². The number of hydrogen-bond acceptors (Lipinski definition) is 4. The first-order chi connectivity index (χ1) is 13.6. The Labute approximate surface area is 168 Å². The van der Waals surface area contributed by atoms with Crippen LogP contribution in [-0.4, -0.2) is 50.6 Å². The number of aliphatic carboxylic acids is 1. The van der Waals surface area contributed by atoms with E-state index >= 15 is 0 Å². The van der Waals surface area contributed by atoms with E-state index in [2.05, 4.69) is 48.5 Å². The van der Waals surface area contributed by atoms with E-state index in [1.807, 2.05) is 19.1 Å². The maximum Gasteiger partial charge on any atom is 0.303 e. The molecule has 28 heavy (non-hydrogen) atoms. The molecule has 2 aromatic carbocycles. The highest BCUT2D eigenvalue weighted by atomic mass is 28.3. The van der Waals surface area contributed by atoms with Gasteiger partial charge in [0, 0.05) is 13.0 Å². The van der Waals surface area contributed by atoms with Gasteiger partial charge in [0.05, 0.1) is 13.2 Å². The van der Waals surface area contributed by atoms with Gasteiger partial charge in [0.2, 0.25) is 9.04 Å². The fraction of sp³-hybridized carbons (Fsp3) is 0.409. The molecule has 1 saturated heterocycles. The summed E-state index contributed by atoms with van der Waals surface area (Å²) in [7, 11) is -1.76. The summed E-state index contributed by atoms with van der Waals surface area (Å²) in [5.74, 6) is -0.711. The van der Waals surface area contributed by atoms with Crippen molar-refractivity contribution in [3.63, 3.8) is 0 Å². The quantitative estimate of drug-likeness (QED) is 0.660. The summed E-state index contributed by atoms with van der Waals surface area (Å²) in [5, 5.41) is 20.1. The number of rotatable bonds is 8. The standard InChI is InChI=1S/C18H22O3Si.C4H8O2/c19-14-18(12-7-13-20-18)15-21-22(16-8-3-1-4-9-16)17-10-5-2-6-11-17;1-2-3-4(5)6/h1-6,8-11,19,22H,7,12-15H2;2-3H2,1H3,(H,5,6). The molecule has 152 valence electrons. The Morgan fingerprint density at radius 3 is 2.04 bits per heavy atom. The van der Waals surface area contributed by atoms with Crippen molar-refractivity contribution in [1.82, 2.24) is 0 Å². The van der Waals surface area contributed by atoms with Gasteiger partial charge >= 0.3 is 5.97 Å². The molecule has 1 aliphatic rings. The third-order valence-corrected chi connectivity index (χ3v) is 7.14. The van der Waals surface area contributed by atoms with Crippen LogP contribution in [0.3, 0.4) is 0 Å². The molecule has 0 radical (unpaired) electrons. The molecular weight excluding hydrogens is 372 g/mol. The van der Waals surface area contributed by atoms with Crippen molar-refractivity contribution in [3.05, 3.63) is 60.7 Å². The van der Waals surface area contributed by atoms with Gasteiger partial charge in [-0.25, -0.2) is 0 Å². The van der Waals surface area contributed by atoms with E-state index in [1.54, 1.807) is 0 Å². The van der Waals surface area contributed by atoms with Gasteiger partial charge in [0.1, 0.15) is 5.60 Å². The van der Waals surface area contributed by atoms with Crippen LogP contribution in [0.5, 0.6) is 0 Å². The minimum atomic E-state index is -1.76. The van der Waals surface area contributed by atoms with Crippen LogP contribution in [0.1, 0.15) is 32.6 Å². The number of carboxylic acid groups (broad SMARTS) is 1. The molecule has 0 bridgehead atoms. The topological polar surface area (TPSA) is 76.0 Å². The molecule has 2 aromatic rings. The fourth-order valence-corrected chi connectivity index (χ4v) is 5.51. The molecule has 1 fully saturated rings. The largest absolute Gasteiger partial charge is 0.481 e. The maximum absolute atomic E-state index is 9.68. The van der Waals surface area contributed by atoms with Gasteiger partial charge < -0.3 is 19.4 Å². The lowest BCUT2D eigenvalue weighted by molar-refractivity contribution is -0.137. The van der Waals surface area contributed by atoms with Crippen LogP contribution in [-0.2, 0) is 14.0 Å². The van der Waals surface area contributed by atoms with Gasteiger partial charge in [-0.15, -0.1) is 0 Å². The molecular formula is C22H30O5Si. The molecule has 1 atom stereocenters. The first kappa shape index (κ1) is 22.3. The lowest BCUT2D eigenvalue weighted by atomic mass is 10.0. The van der Waals surface area contributed by atoms with Crippen LogP contribution in [0.15, 0.2) is 60.7 Å². The van der Waals surface area contributed by atoms with E-state index in [0.717, 1.165) is 19.3 Å². The molecule has 0 spiro atoms. The van der Waals surface area contributed by atoms with Crippen molar-refractivity contribution in [2.45, 2.75) is 38.2 Å². The van der Waals surface area contributed by atoms with Gasteiger partial charge in [-0.2, -0.15) is 0 Å². The van der Waals surface area contributed by atoms with Crippen molar-refractivity contribution < 1.29 is 24.2 Å². The van der Waals surface area contributed by atoms with Crippen LogP contribution in [0.25, 0.3) is 0 Å². The van der Waals surface area contributed by atoms with Crippen LogP contribution < -0.4 is 10.4 Å². The van der Waals surface area contributed by atoms with E-state index in [-0.39, 0.29) is 6.61 Å². The molecule has 0 amide bonds. The first-order valence-electron chi connectivity index (χ1n) is 9.78. The molecule has 5 nitrogen and oxygen atoms in total. The zero-order valence-electron chi connectivity index (χ0n) is 16.4. The SMILES string of the molecule is CCCC(=O)O.OCC1(CO[SiH](c2ccccc2)c2ccccc2)CCCO1. The number of aliphatic hydroxyl groups excluding tert-OH is 1. The maximum atomic E-state index is 9.68. The Morgan fingerprint density at radius 1 is 1.11 bits per heavy atom. The molecule has 6 heteroatoms. The summed E-state index contributed by atoms with van der Waals surface area (Å²) in [6.45, 7) is 3.04. The average Bonchev–Trinajstić information content (AvgIpc) is 3.20. The van der Waals surface area contributed by atoms with Gasteiger partial charge in [-0.3, -0.25) is 4.79 Å². The second-order valence-electron chi connectivity index (χ2n) is 6.95. The minimum Gasteiger partial charge on any atom is -0.481 e. The highest BCUT2D eigenvalue weighted by Crippen LogP contribution is 2.25. The summed E-state index contributed by atoms with van der Waals surface area (Å²) >= 11 is 0. The molecule has 1 aliphatic heterocycles. The number of carboxylic acids is 1.